The summed E-state index contributed by atoms with van der Waals surface area (Å²) in [7, 11) is 0. The van der Waals surface area contributed by atoms with Crippen LogP contribution in [0.3, 0.4) is 0 Å². The van der Waals surface area contributed by atoms with Crippen LogP contribution in [-0.2, 0) is 6.54 Å². The summed E-state index contributed by atoms with van der Waals surface area (Å²) in [6, 6.07) is 15.5. The van der Waals surface area contributed by atoms with E-state index >= 15 is 0 Å². The maximum absolute atomic E-state index is 12.8. The molecule has 1 saturated heterocycles. The number of thiophene rings is 1. The number of carbonyl (C=O) groups excluding carboxylic acids is 2. The van der Waals surface area contributed by atoms with E-state index in [2.05, 4.69) is 10.3 Å². The highest BCUT2D eigenvalue weighted by molar-refractivity contribution is 7.18. The van der Waals surface area contributed by atoms with Crippen molar-refractivity contribution < 1.29 is 9.59 Å². The number of carbonyl (C=O) groups is 2. The van der Waals surface area contributed by atoms with Crippen LogP contribution in [0, 0.1) is 6.92 Å². The van der Waals surface area contributed by atoms with Crippen LogP contribution in [0.4, 0.5) is 9.80 Å². The fourth-order valence-corrected chi connectivity index (χ4v) is 4.34. The molecule has 7 heteroatoms. The molecule has 0 aliphatic carbocycles. The Balaban J connectivity index is 1.42. The number of amides is 3. The molecule has 0 unspecified atom stereocenters. The Morgan fingerprint density at radius 3 is 2.80 bits per heavy atom. The summed E-state index contributed by atoms with van der Waals surface area (Å²) in [5.41, 5.74) is 2.85. The number of hydrogen-bond acceptors (Lipinski definition) is 4. The number of pyridine rings is 1. The predicted octanol–water partition coefficient (Wildman–Crippen LogP) is 4.29. The van der Waals surface area contributed by atoms with Gasteiger partial charge in [0.15, 0.2) is 0 Å². The van der Waals surface area contributed by atoms with Gasteiger partial charge in [0.05, 0.1) is 4.88 Å². The molecule has 0 radical (unpaired) electrons. The van der Waals surface area contributed by atoms with E-state index in [4.69, 9.17) is 0 Å². The molecule has 1 aliphatic heterocycles. The molecule has 0 spiro atoms. The monoisotopic (exact) mass is 418 g/mol. The van der Waals surface area contributed by atoms with E-state index in [0.717, 1.165) is 21.7 Å². The van der Waals surface area contributed by atoms with Crippen molar-refractivity contribution in [1.29, 1.82) is 0 Å². The molecule has 3 heterocycles. The Hall–Kier alpha value is -3.45. The zero-order chi connectivity index (χ0) is 20.9. The normalized spacial score (nSPS) is 14.0. The molecule has 6 nitrogen and oxygen atoms in total. The van der Waals surface area contributed by atoms with Crippen molar-refractivity contribution in [3.63, 3.8) is 0 Å². The fraction of sp³-hybridized carbons (Fsp3) is 0.174. The summed E-state index contributed by atoms with van der Waals surface area (Å²) in [6.07, 6.45) is 7.18. The lowest BCUT2D eigenvalue weighted by Gasteiger charge is -2.14. The van der Waals surface area contributed by atoms with Crippen LogP contribution in [0.2, 0.25) is 0 Å². The van der Waals surface area contributed by atoms with Crippen molar-refractivity contribution in [2.24, 2.45) is 0 Å². The van der Waals surface area contributed by atoms with E-state index in [1.807, 2.05) is 67.7 Å². The summed E-state index contributed by atoms with van der Waals surface area (Å²) >= 11 is 1.35. The van der Waals surface area contributed by atoms with Crippen molar-refractivity contribution in [2.75, 3.05) is 18.0 Å². The first kappa shape index (κ1) is 19.8. The zero-order valence-corrected chi connectivity index (χ0v) is 17.4. The highest BCUT2D eigenvalue weighted by atomic mass is 32.1. The van der Waals surface area contributed by atoms with Crippen molar-refractivity contribution in [2.45, 2.75) is 13.5 Å². The largest absolute Gasteiger partial charge is 0.347 e. The van der Waals surface area contributed by atoms with E-state index in [1.54, 1.807) is 22.2 Å². The lowest BCUT2D eigenvalue weighted by atomic mass is 10.2. The van der Waals surface area contributed by atoms with E-state index < -0.39 is 0 Å². The lowest BCUT2D eigenvalue weighted by molar-refractivity contribution is 0.0954. The quantitative estimate of drug-likeness (QED) is 0.649. The van der Waals surface area contributed by atoms with Gasteiger partial charge in [0.2, 0.25) is 0 Å². The fourth-order valence-electron chi connectivity index (χ4n) is 3.23. The number of nitrogens with one attached hydrogen (secondary N) is 1. The van der Waals surface area contributed by atoms with Gasteiger partial charge in [-0.15, -0.1) is 11.3 Å². The van der Waals surface area contributed by atoms with Gasteiger partial charge in [-0.1, -0.05) is 36.4 Å². The predicted molar refractivity (Wildman–Crippen MR) is 119 cm³/mol. The van der Waals surface area contributed by atoms with Crippen LogP contribution >= 0.6 is 11.3 Å². The number of rotatable bonds is 6. The smallest absolute Gasteiger partial charge is 0.329 e. The minimum Gasteiger partial charge on any atom is -0.347 e. The van der Waals surface area contributed by atoms with Crippen molar-refractivity contribution in [3.05, 3.63) is 88.7 Å². The van der Waals surface area contributed by atoms with Crippen LogP contribution in [0.15, 0.2) is 67.1 Å². The summed E-state index contributed by atoms with van der Waals surface area (Å²) in [5, 5.41) is 3.72. The molecular formula is C23H22N4O2S. The topological polar surface area (TPSA) is 65.5 Å². The van der Waals surface area contributed by atoms with Gasteiger partial charge in [0, 0.05) is 38.2 Å². The van der Waals surface area contributed by atoms with Gasteiger partial charge in [-0.2, -0.15) is 0 Å². The average Bonchev–Trinajstić information content (AvgIpc) is 3.34. The SMILES string of the molecule is Cc1cc(N2CCN(C=Cc3ccccc3)C2=O)sc1C(=O)NCc1cccnc1. The molecule has 0 atom stereocenters. The zero-order valence-electron chi connectivity index (χ0n) is 16.6. The number of aryl methyl sites for hydroxylation is 1. The number of nitrogens with zero attached hydrogens (tertiary/aromatic N) is 3. The molecule has 0 saturated carbocycles. The van der Waals surface area contributed by atoms with E-state index in [-0.39, 0.29) is 11.9 Å². The van der Waals surface area contributed by atoms with Gasteiger partial charge < -0.3 is 5.32 Å². The van der Waals surface area contributed by atoms with Crippen LogP contribution in [0.5, 0.6) is 0 Å². The molecule has 30 heavy (non-hydrogen) atoms. The molecule has 3 amide bonds. The second-order valence-corrected chi connectivity index (χ2v) is 8.03. The molecule has 4 rings (SSSR count). The van der Waals surface area contributed by atoms with Gasteiger partial charge in [0.1, 0.15) is 5.00 Å². The molecule has 152 valence electrons. The second-order valence-electron chi connectivity index (χ2n) is 6.99. The van der Waals surface area contributed by atoms with Crippen LogP contribution in [0.1, 0.15) is 26.4 Å². The first-order valence-corrected chi connectivity index (χ1v) is 10.5. The van der Waals surface area contributed by atoms with Gasteiger partial charge in [-0.3, -0.25) is 19.6 Å². The molecule has 1 aromatic carbocycles. The number of anilines is 1. The summed E-state index contributed by atoms with van der Waals surface area (Å²) in [6.45, 7) is 3.52. The second kappa shape index (κ2) is 8.92. The summed E-state index contributed by atoms with van der Waals surface area (Å²) in [4.78, 5) is 33.6. The van der Waals surface area contributed by atoms with Crippen molar-refractivity contribution >= 4 is 34.4 Å². The Labute approximate surface area is 179 Å². The van der Waals surface area contributed by atoms with Crippen LogP contribution in [0.25, 0.3) is 6.08 Å². The summed E-state index contributed by atoms with van der Waals surface area (Å²) in [5.74, 6) is -0.139. The standard InChI is InChI=1S/C23H22N4O2S/c1-17-14-20(30-21(17)22(28)25-16-19-8-5-10-24-15-19)27-13-12-26(23(27)29)11-9-18-6-3-2-4-7-18/h2-11,14-15H,12-13,16H2,1H3,(H,25,28). The molecule has 1 N–H and O–H groups in total. The van der Waals surface area contributed by atoms with Gasteiger partial charge >= 0.3 is 6.03 Å². The molecular weight excluding hydrogens is 396 g/mol. The first-order chi connectivity index (χ1) is 14.6. The minimum absolute atomic E-state index is 0.0780. The first-order valence-electron chi connectivity index (χ1n) is 9.71. The Bertz CT molecular complexity index is 1060. The van der Waals surface area contributed by atoms with Gasteiger partial charge in [-0.05, 0) is 41.8 Å². The third kappa shape index (κ3) is 4.41. The maximum Gasteiger partial charge on any atom is 0.329 e. The number of aromatic nitrogens is 1. The van der Waals surface area contributed by atoms with Crippen molar-refractivity contribution in [3.8, 4) is 0 Å². The minimum atomic E-state index is -0.139. The highest BCUT2D eigenvalue weighted by Crippen LogP contribution is 2.32. The highest BCUT2D eigenvalue weighted by Gasteiger charge is 2.30. The van der Waals surface area contributed by atoms with E-state index in [9.17, 15) is 9.59 Å². The van der Waals surface area contributed by atoms with Crippen LogP contribution in [-0.4, -0.2) is 34.9 Å². The molecule has 2 aromatic heterocycles. The Morgan fingerprint density at radius 1 is 1.20 bits per heavy atom. The molecule has 1 aliphatic rings. The average molecular weight is 419 g/mol. The Kier molecular flexibility index (Phi) is 5.90. The van der Waals surface area contributed by atoms with E-state index in [1.165, 1.54) is 11.3 Å². The van der Waals surface area contributed by atoms with Gasteiger partial charge in [0.25, 0.3) is 5.91 Å². The molecule has 1 fully saturated rings. The van der Waals surface area contributed by atoms with Crippen LogP contribution < -0.4 is 10.2 Å². The number of hydrogen-bond donors (Lipinski definition) is 1. The van der Waals surface area contributed by atoms with E-state index in [0.29, 0.717) is 24.5 Å². The van der Waals surface area contributed by atoms with Crippen molar-refractivity contribution in [1.82, 2.24) is 15.2 Å². The molecule has 0 bridgehead atoms. The third-order valence-corrected chi connectivity index (χ3v) is 6.10. The van der Waals surface area contributed by atoms with Gasteiger partial charge in [-0.25, -0.2) is 4.79 Å². The lowest BCUT2D eigenvalue weighted by Crippen LogP contribution is -2.28. The third-order valence-electron chi connectivity index (χ3n) is 4.84. The number of benzene rings is 1. The maximum atomic E-state index is 12.8. The Morgan fingerprint density at radius 2 is 2.03 bits per heavy atom. The number of urea groups is 1. The summed E-state index contributed by atoms with van der Waals surface area (Å²) < 4.78 is 0. The molecule has 3 aromatic rings.